The molecule has 7 rings (SSSR count). The van der Waals surface area contributed by atoms with E-state index in [0.29, 0.717) is 0 Å². The summed E-state index contributed by atoms with van der Waals surface area (Å²) in [6, 6.07) is 44.3. The van der Waals surface area contributed by atoms with Gasteiger partial charge in [0.2, 0.25) is 0 Å². The minimum atomic E-state index is -0.328. The molecule has 0 spiro atoms. The fraction of sp³-hybridized carbons (Fsp3) is 0. The summed E-state index contributed by atoms with van der Waals surface area (Å²) in [6.45, 7) is 0. The molecule has 0 aliphatic heterocycles. The van der Waals surface area contributed by atoms with Gasteiger partial charge in [0.15, 0.2) is 0 Å². The van der Waals surface area contributed by atoms with E-state index in [4.69, 9.17) is 31.6 Å². The molecule has 1 fully saturated rings. The first-order valence-corrected chi connectivity index (χ1v) is 15.7. The Hall–Kier alpha value is -8.42. The van der Waals surface area contributed by atoms with Gasteiger partial charge in [0.05, 0.1) is 34.2 Å². The minimum Gasteiger partial charge on any atom is -0.255 e. The van der Waals surface area contributed by atoms with E-state index in [1.807, 2.05) is 109 Å². The monoisotopic (exact) mass is 752 g/mol. The third-order valence-electron chi connectivity index (χ3n) is 6.88. The Morgan fingerprint density at radius 1 is 0.291 bits per heavy atom. The van der Waals surface area contributed by atoms with Crippen molar-refractivity contribution in [2.75, 3.05) is 0 Å². The summed E-state index contributed by atoms with van der Waals surface area (Å²) in [5.74, 6) is 0. The van der Waals surface area contributed by atoms with Gasteiger partial charge in [-0.05, 0) is 72.8 Å². The van der Waals surface area contributed by atoms with Crippen molar-refractivity contribution >= 4 is 0 Å². The Labute approximate surface area is 327 Å². The van der Waals surface area contributed by atoms with Crippen LogP contribution in [0.25, 0.3) is 34.2 Å². The van der Waals surface area contributed by atoms with Crippen molar-refractivity contribution in [1.82, 2.24) is 29.9 Å². The van der Waals surface area contributed by atoms with Gasteiger partial charge in [-0.25, -0.2) is 0 Å². The van der Waals surface area contributed by atoms with Crippen LogP contribution in [0, 0.1) is 68.0 Å². The number of hydrogen-bond donors (Lipinski definition) is 0. The average Bonchev–Trinajstić information content (AvgIpc) is 3.98. The molecule has 0 N–H and O–H groups in total. The van der Waals surface area contributed by atoms with Crippen molar-refractivity contribution in [3.63, 3.8) is 0 Å². The molecule has 55 heavy (non-hydrogen) atoms. The molecule has 1 aliphatic rings. The van der Waals surface area contributed by atoms with Gasteiger partial charge in [0.1, 0.15) is 53.1 Å². The molecule has 0 atom stereocenters. The van der Waals surface area contributed by atoms with E-state index in [0.717, 1.165) is 34.2 Å². The van der Waals surface area contributed by atoms with E-state index in [-0.39, 0.29) is 50.5 Å². The topological polar surface area (TPSA) is 220 Å². The van der Waals surface area contributed by atoms with Gasteiger partial charge in [-0.15, -0.1) is 0 Å². The molecule has 0 amide bonds. The third kappa shape index (κ3) is 11.8. The van der Waals surface area contributed by atoms with Gasteiger partial charge in [-0.1, -0.05) is 36.4 Å². The number of rotatable bonds is 3. The van der Waals surface area contributed by atoms with Crippen LogP contribution in [0.15, 0.2) is 180 Å². The van der Waals surface area contributed by atoms with Crippen LogP contribution in [0.5, 0.6) is 0 Å². The molecule has 0 radical (unpaired) electrons. The van der Waals surface area contributed by atoms with Crippen LogP contribution in [-0.2, 0) is 17.1 Å². The van der Waals surface area contributed by atoms with E-state index in [1.54, 1.807) is 73.6 Å². The van der Waals surface area contributed by atoms with Gasteiger partial charge in [0.25, 0.3) is 0 Å². The van der Waals surface area contributed by atoms with Crippen molar-refractivity contribution in [1.29, 1.82) is 31.6 Å². The molecule has 1 saturated carbocycles. The molecule has 260 valence electrons. The van der Waals surface area contributed by atoms with Crippen LogP contribution in [-0.4, -0.2) is 29.9 Å². The van der Waals surface area contributed by atoms with Crippen molar-refractivity contribution < 1.29 is 17.1 Å². The Morgan fingerprint density at radius 2 is 0.455 bits per heavy atom. The van der Waals surface area contributed by atoms with E-state index in [2.05, 4.69) is 29.9 Å². The largest absolute Gasteiger partial charge is 0.255 e. The first-order valence-electron chi connectivity index (χ1n) is 15.7. The van der Waals surface area contributed by atoms with Crippen LogP contribution in [0.3, 0.4) is 0 Å². The maximum atomic E-state index is 8.72. The van der Waals surface area contributed by atoms with Crippen molar-refractivity contribution in [3.8, 4) is 70.6 Å². The summed E-state index contributed by atoms with van der Waals surface area (Å²) in [5, 5.41) is 52.3. The molecule has 0 saturated heterocycles. The van der Waals surface area contributed by atoms with E-state index in [1.165, 1.54) is 0 Å². The molecular weight excluding hydrogens is 728 g/mol. The second kappa shape index (κ2) is 22.4. The first-order chi connectivity index (χ1) is 26.6. The molecule has 12 nitrogen and oxygen atoms in total. The van der Waals surface area contributed by atoms with Crippen LogP contribution in [0.2, 0.25) is 0 Å². The zero-order valence-corrected chi connectivity index (χ0v) is 29.7. The molecule has 1 aliphatic carbocycles. The minimum absolute atomic E-state index is 0. The zero-order valence-electron chi connectivity index (χ0n) is 28.6. The van der Waals surface area contributed by atoms with E-state index < -0.39 is 0 Å². The average molecular weight is 753 g/mol. The van der Waals surface area contributed by atoms with Gasteiger partial charge in [0, 0.05) is 71.0 Å². The van der Waals surface area contributed by atoms with E-state index in [9.17, 15) is 0 Å². The quantitative estimate of drug-likeness (QED) is 0.127. The summed E-state index contributed by atoms with van der Waals surface area (Å²) in [5.41, 5.74) is 4.62. The number of pyridine rings is 6. The first kappa shape index (κ1) is 41.0. The Kier molecular flexibility index (Phi) is 16.7. The number of nitrogens with zero attached hydrogens (tertiary/aromatic N) is 12. The Bertz CT molecular complexity index is 2060. The zero-order chi connectivity index (χ0) is 38.4. The fourth-order valence-corrected chi connectivity index (χ4v) is 4.43. The third-order valence-corrected chi connectivity index (χ3v) is 6.88. The van der Waals surface area contributed by atoms with Crippen molar-refractivity contribution in [2.45, 2.75) is 0 Å². The molecule has 6 aromatic heterocycles. The second-order valence-electron chi connectivity index (χ2n) is 10.2. The molecule has 6 heterocycles. The maximum absolute atomic E-state index is 8.72. The SMILES string of the molecule is N#CC(C#N)=C1C(=C(C#N)C#N)C1=C(C#N)C#N.[Fe].c1ccc(-c2ccccn2)nc1.c1ccc(-c2ccccn2)nc1.c1ccc(-c2ccccn2)nc1. The standard InChI is InChI=1S/C12N6.3C10H8N2.Fe/c13-1-7(2-14)10-11(8(3-15)4-16)12(10)9(5-17)6-18;3*1-3-7-11-9(5-1)10-6-2-4-8-12-10;/h;3*1-8H;. The van der Waals surface area contributed by atoms with Crippen molar-refractivity contribution in [2.24, 2.45) is 0 Å². The molecular formula is C42H24FeN12. The smallest absolute Gasteiger partial charge is 0.138 e. The van der Waals surface area contributed by atoms with E-state index >= 15 is 0 Å². The summed E-state index contributed by atoms with van der Waals surface area (Å²) >= 11 is 0. The van der Waals surface area contributed by atoms with Gasteiger partial charge in [-0.3, -0.25) is 29.9 Å². The predicted molar refractivity (Wildman–Crippen MR) is 197 cm³/mol. The van der Waals surface area contributed by atoms with Gasteiger partial charge in [-0.2, -0.15) is 31.6 Å². The molecule has 0 unspecified atom stereocenters. The van der Waals surface area contributed by atoms with Crippen LogP contribution < -0.4 is 0 Å². The normalized spacial score (nSPS) is 9.82. The van der Waals surface area contributed by atoms with Crippen LogP contribution in [0.1, 0.15) is 0 Å². The summed E-state index contributed by atoms with van der Waals surface area (Å²) in [4.78, 5) is 25.1. The second-order valence-corrected chi connectivity index (χ2v) is 10.2. The Morgan fingerprint density at radius 3 is 0.564 bits per heavy atom. The summed E-state index contributed by atoms with van der Waals surface area (Å²) < 4.78 is 0. The van der Waals surface area contributed by atoms with Gasteiger partial charge >= 0.3 is 0 Å². The number of aromatic nitrogens is 6. The van der Waals surface area contributed by atoms with Crippen LogP contribution in [0.4, 0.5) is 0 Å². The number of allylic oxidation sites excluding steroid dienone is 6. The maximum Gasteiger partial charge on any atom is 0.138 e. The molecule has 0 bridgehead atoms. The molecule has 0 aromatic carbocycles. The summed E-state index contributed by atoms with van der Waals surface area (Å²) in [6.07, 6.45) is 10.6. The summed E-state index contributed by atoms with van der Waals surface area (Å²) in [7, 11) is 0. The molecule has 6 aromatic rings. The van der Waals surface area contributed by atoms with Crippen molar-refractivity contribution in [3.05, 3.63) is 180 Å². The number of nitriles is 6. The van der Waals surface area contributed by atoms with Crippen LogP contribution >= 0.6 is 0 Å². The number of hydrogen-bond acceptors (Lipinski definition) is 12. The Balaban J connectivity index is 0.000000199. The molecule has 13 heteroatoms. The van der Waals surface area contributed by atoms with Gasteiger partial charge < -0.3 is 0 Å². The predicted octanol–water partition coefficient (Wildman–Crippen LogP) is 7.46. The fourth-order valence-electron chi connectivity index (χ4n) is 4.43.